The molecule has 4 saturated carbocycles. The molecule has 5 aromatic rings. The van der Waals surface area contributed by atoms with Crippen molar-refractivity contribution in [1.82, 2.24) is 37.2 Å². The maximum Gasteiger partial charge on any atom is 0.321 e. The van der Waals surface area contributed by atoms with Crippen LogP contribution in [0.3, 0.4) is 0 Å². The number of unbranched alkanes of at least 4 members (excludes halogenated alkanes) is 5. The number of nitrogens with two attached hydrogens (primary N) is 2. The van der Waals surface area contributed by atoms with Crippen LogP contribution in [0.1, 0.15) is 222 Å². The number of carbonyl (C=O) groups excluding carboxylic acids is 9. The third-order valence-corrected chi connectivity index (χ3v) is 27.9. The Kier molecular flexibility index (Phi) is 30.6. The minimum atomic E-state index is -2.23. The maximum absolute atomic E-state index is 17.1. The van der Waals surface area contributed by atoms with Crippen molar-refractivity contribution in [3.63, 3.8) is 0 Å². The van der Waals surface area contributed by atoms with Gasteiger partial charge in [-0.05, 0) is 198 Å². The number of hydrogen-bond donors (Lipinski definition) is 18. The molecule has 13 unspecified atom stereocenters. The van der Waals surface area contributed by atoms with Crippen molar-refractivity contribution in [2.45, 2.75) is 291 Å². The van der Waals surface area contributed by atoms with Crippen LogP contribution in [0, 0.1) is 41.4 Å². The quantitative estimate of drug-likeness (QED) is 0.0269. The topological polar surface area (TPSA) is 546 Å². The number of Topliss-reactive ketones (excluding diaryl/α,β-unsaturated/α-hetero) is 3. The summed E-state index contributed by atoms with van der Waals surface area (Å²) >= 11 is 7.31. The van der Waals surface area contributed by atoms with E-state index in [1.807, 2.05) is 13.8 Å². The molecular weight excluding hydrogens is 1720 g/mol. The first-order valence-electron chi connectivity index (χ1n) is 45.7. The molecule has 0 aromatic heterocycles. The summed E-state index contributed by atoms with van der Waals surface area (Å²) in [6, 6.07) is 7.52. The Bertz CT molecular complexity index is 5010. The van der Waals surface area contributed by atoms with Gasteiger partial charge in [0.2, 0.25) is 41.6 Å². The molecular formula is C95H124ClN9O26. The number of ether oxygens (including phenoxy) is 8. The lowest BCUT2D eigenvalue weighted by Crippen LogP contribution is -2.64. The molecule has 7 fully saturated rings. The molecule has 5 aromatic carbocycles. The highest BCUT2D eigenvalue weighted by Crippen LogP contribution is 2.59. The van der Waals surface area contributed by atoms with E-state index in [0.29, 0.717) is 18.3 Å². The molecule has 3 saturated heterocycles. The highest BCUT2D eigenvalue weighted by molar-refractivity contribution is 6.32. The van der Waals surface area contributed by atoms with Crippen molar-refractivity contribution in [2.75, 3.05) is 20.2 Å². The summed E-state index contributed by atoms with van der Waals surface area (Å²) in [6.45, 7) is 11.1. The molecule has 7 amide bonds. The number of nitrogens with one attached hydrogen (secondary N) is 7. The van der Waals surface area contributed by atoms with Gasteiger partial charge in [0.25, 0.3) is 0 Å². The monoisotopic (exact) mass is 1840 g/mol. The average molecular weight is 1840 g/mol. The van der Waals surface area contributed by atoms with Crippen LogP contribution >= 0.6 is 11.6 Å². The van der Waals surface area contributed by atoms with E-state index in [2.05, 4.69) is 44.1 Å². The van der Waals surface area contributed by atoms with E-state index in [1.54, 1.807) is 20.8 Å². The van der Waals surface area contributed by atoms with Crippen LogP contribution in [0.4, 0.5) is 4.79 Å². The number of aliphatic hydroxyl groups is 6. The van der Waals surface area contributed by atoms with Gasteiger partial charge in [0.05, 0.1) is 53.9 Å². The van der Waals surface area contributed by atoms with Crippen LogP contribution < -0.4 is 62.9 Å². The van der Waals surface area contributed by atoms with Crippen molar-refractivity contribution >= 4 is 64.5 Å². The number of rotatable bonds is 24. The molecule has 8 heterocycles. The molecule has 0 radical (unpaired) electrons. The SMILES string of the molecule is CCCCCCCCNC(=O)NC(=O)C[C@@H]1CC(=O)[C@H](NC(=O)[C@@H](CC(C)C)NC)[C@H](O)c2ccc(c(Cl)c2)Oc2cc3cc(c2OC2OC(CO)C(O)C(O)C2OC2CC(C)(N)C(O)C(C)O2)Oc2ccc(cc2)[C@@H](OC2CC(C)(N)C(O)C(C)O2)[C@@H]2NC(=O)[C@H](CC(=O)[C@@H]3NC1=O)c1ccc(O)c(c1)-c1c(O)cc(O)cc1[C@@H](C(=O)CC1C3CC4CC(C3)CC1C4)NC2=O. The van der Waals surface area contributed by atoms with Crippen LogP contribution in [-0.4, -0.2) is 216 Å². The minimum Gasteiger partial charge on any atom is -0.508 e. The standard InChI is InChI=1S/C95H124ClN9O26/c1-9-10-11-12-13-14-23-100-93(123)101-72(113)35-54-32-65(110)78(104-90(121)62(99-8)24-43(2)3)80(114)50-18-22-68(61(96)31-50)127-70-34-53-33-69(84(70)131-92-85(82(116)81(115)71(42-106)128-92)130-74-41-95(7,98)87(118)45(5)125-74)126-56-19-15-48(16-20-56)83(129-73-40-94(6,97)86(117)44(4)124-73)79-91(122)103-77(67(112)38-57-51-26-46-25-47(28-51)29-52(57)27-46)60-36-55(107)37-64(109)75(60)59-30-49(17-21-63(59)108)58(89(120)105-79)39-66(111)76(53)102-88(54)119/h15-22,30-31,33-34,36-37,43-47,51-52,54,57-58,62,71,73-74,76-83,85-87,92,99,106-109,114-118H,9-14,23-29,32,35,38-42,97-98H2,1-8H3,(H,102,119)(H,103,122)(H,104,121)(H,105,120)(H2,100,101,113,123)/t44?,45?,46?,47?,51?,52?,54-,57?,58+,62+,71?,73?,74?,76+,77-,78-,79-,80+,81?,82?,83+,85?,86?,87?,92?,94?,95?/m0/s1. The predicted octanol–water partition coefficient (Wildman–Crippen LogP) is 7.31. The minimum absolute atomic E-state index is 0.0641. The van der Waals surface area contributed by atoms with Gasteiger partial charge in [0.15, 0.2) is 47.5 Å². The van der Waals surface area contributed by atoms with E-state index in [9.17, 15) is 60.3 Å². The Hall–Kier alpha value is -9.54. The van der Waals surface area contributed by atoms with Gasteiger partial charge in [0.1, 0.15) is 83.4 Å². The van der Waals surface area contributed by atoms with Gasteiger partial charge < -0.3 is 127 Å². The first-order valence-corrected chi connectivity index (χ1v) is 46.0. The molecule has 35 nitrogen and oxygen atoms in total. The number of hydrogen-bond acceptors (Lipinski definition) is 29. The lowest BCUT2D eigenvalue weighted by Gasteiger charge is -2.54. The normalized spacial score (nSPS) is 33.2. The smallest absolute Gasteiger partial charge is 0.321 e. The van der Waals surface area contributed by atoms with Gasteiger partial charge >= 0.3 is 6.03 Å². The van der Waals surface area contributed by atoms with Crippen molar-refractivity contribution in [1.29, 1.82) is 0 Å². The zero-order valence-corrected chi connectivity index (χ0v) is 75.5. The molecule has 712 valence electrons. The molecule has 12 aliphatic rings. The third-order valence-electron chi connectivity index (χ3n) is 27.7. The van der Waals surface area contributed by atoms with Crippen LogP contribution in [0.15, 0.2) is 84.9 Å². The first-order chi connectivity index (χ1) is 62.3. The summed E-state index contributed by atoms with van der Waals surface area (Å²) in [5.74, 6) is -15.0. The number of aromatic hydroxyl groups is 3. The Morgan fingerprint density at radius 3 is 1.92 bits per heavy atom. The number of urea groups is 1. The molecule has 20 N–H and O–H groups in total. The Balaban J connectivity index is 0.982. The fourth-order valence-electron chi connectivity index (χ4n) is 20.8. The zero-order chi connectivity index (χ0) is 94.1. The second kappa shape index (κ2) is 41.1. The number of imide groups is 1. The van der Waals surface area contributed by atoms with Crippen LogP contribution in [0.2, 0.25) is 5.02 Å². The number of benzene rings is 5. The largest absolute Gasteiger partial charge is 0.508 e. The van der Waals surface area contributed by atoms with E-state index in [1.165, 1.54) is 80.7 Å². The highest BCUT2D eigenvalue weighted by atomic mass is 35.5. The Morgan fingerprint density at radius 2 is 1.29 bits per heavy atom. The van der Waals surface area contributed by atoms with E-state index in [4.69, 9.17) is 61.0 Å². The van der Waals surface area contributed by atoms with E-state index in [-0.39, 0.29) is 111 Å². The van der Waals surface area contributed by atoms with Gasteiger partial charge in [-0.3, -0.25) is 43.7 Å². The summed E-state index contributed by atoms with van der Waals surface area (Å²) in [5, 5.41) is 125. The number of phenolic OH excluding ortho intramolecular Hbond substituents is 3. The van der Waals surface area contributed by atoms with Gasteiger partial charge in [0, 0.05) is 73.3 Å². The van der Waals surface area contributed by atoms with Gasteiger partial charge in [-0.25, -0.2) is 4.79 Å². The third kappa shape index (κ3) is 22.0. The molecule has 131 heavy (non-hydrogen) atoms. The lowest BCUT2D eigenvalue weighted by atomic mass is 9.51. The van der Waals surface area contributed by atoms with Crippen LogP contribution in [0.5, 0.6) is 46.0 Å². The van der Waals surface area contributed by atoms with Gasteiger partial charge in [-0.15, -0.1) is 0 Å². The van der Waals surface area contributed by atoms with Crippen LogP contribution in [-0.2, 0) is 62.0 Å². The predicted molar refractivity (Wildman–Crippen MR) is 472 cm³/mol. The fourth-order valence-corrected chi connectivity index (χ4v) is 21.1. The number of halogens is 1. The van der Waals surface area contributed by atoms with Gasteiger partial charge in [-0.2, -0.15) is 0 Å². The van der Waals surface area contributed by atoms with Crippen molar-refractivity contribution in [2.24, 2.45) is 52.9 Å². The number of likely N-dealkylation sites (N-methyl/N-ethyl adjacent to an activating group) is 1. The summed E-state index contributed by atoms with van der Waals surface area (Å²) < 4.78 is 53.1. The molecule has 0 spiro atoms. The van der Waals surface area contributed by atoms with Gasteiger partial charge in [-0.1, -0.05) is 88.7 Å². The molecule has 15 bridgehead atoms. The lowest BCUT2D eigenvalue weighted by molar-refractivity contribution is -0.333. The van der Waals surface area contributed by atoms with Crippen LogP contribution in [0.25, 0.3) is 11.1 Å². The van der Waals surface area contributed by atoms with Crippen molar-refractivity contribution in [3.05, 3.63) is 118 Å². The van der Waals surface area contributed by atoms with E-state index in [0.717, 1.165) is 82.4 Å². The molecule has 8 aliphatic heterocycles. The summed E-state index contributed by atoms with van der Waals surface area (Å²) in [6.07, 6.45) is -14.4. The van der Waals surface area contributed by atoms with E-state index >= 15 is 28.8 Å². The number of amides is 7. The molecule has 22 atom stereocenters. The number of carbonyl (C=O) groups is 9. The molecule has 4 aliphatic carbocycles. The zero-order valence-electron chi connectivity index (χ0n) is 74.7. The fraction of sp³-hybridized carbons (Fsp3) is 0.589. The summed E-state index contributed by atoms with van der Waals surface area (Å²) in [4.78, 5) is 141. The highest BCUT2D eigenvalue weighted by Gasteiger charge is 2.54. The number of aliphatic hydroxyl groups excluding tert-OH is 6. The summed E-state index contributed by atoms with van der Waals surface area (Å²) in [5.41, 5.74) is 9.33. The number of fused-ring (bicyclic) bond motifs is 15. The number of ketones is 3. The molecule has 17 rings (SSSR count). The van der Waals surface area contributed by atoms with Crippen molar-refractivity contribution < 1.29 is 127 Å². The Morgan fingerprint density at radius 1 is 0.656 bits per heavy atom. The second-order valence-corrected chi connectivity index (χ2v) is 38.7. The van der Waals surface area contributed by atoms with Crippen molar-refractivity contribution in [3.8, 4) is 57.1 Å². The summed E-state index contributed by atoms with van der Waals surface area (Å²) in [7, 11) is 1.51. The first kappa shape index (κ1) is 97.5. The second-order valence-electron chi connectivity index (χ2n) is 38.3. The molecule has 36 heteroatoms. The number of phenols is 3. The van der Waals surface area contributed by atoms with E-state index < -0.39 is 246 Å². The Labute approximate surface area is 764 Å². The average Bonchev–Trinajstić information content (AvgIpc) is 0.755. The maximum atomic E-state index is 17.1.